The molecule has 74 valence electrons. The van der Waals surface area contributed by atoms with Crippen LogP contribution in [0.3, 0.4) is 0 Å². The molecule has 6 atom stereocenters. The first kappa shape index (κ1) is 8.72. The fourth-order valence-electron chi connectivity index (χ4n) is 4.09. The van der Waals surface area contributed by atoms with E-state index < -0.39 is 0 Å². The van der Waals surface area contributed by atoms with Crippen molar-refractivity contribution >= 4 is 15.9 Å². The van der Waals surface area contributed by atoms with Crippen LogP contribution in [0.25, 0.3) is 0 Å². The van der Waals surface area contributed by atoms with Crippen molar-refractivity contribution in [2.75, 3.05) is 0 Å². The number of fused-ring (bicyclic) bond motifs is 2. The van der Waals surface area contributed by atoms with E-state index in [-0.39, 0.29) is 0 Å². The molecule has 3 bridgehead atoms. The summed E-state index contributed by atoms with van der Waals surface area (Å²) in [5.41, 5.74) is 6.31. The standard InChI is InChI=1S/C11H18BrN/c12-10-4-7-3-8-1-6(7)2-9(5-10)11(8)13/h6-11H,1-5,13H2/t6?,7?,8?,9?,10-,11?/m1/s1. The van der Waals surface area contributed by atoms with Gasteiger partial charge in [-0.2, -0.15) is 0 Å². The fourth-order valence-corrected chi connectivity index (χ4v) is 5.05. The van der Waals surface area contributed by atoms with Crippen molar-refractivity contribution in [1.82, 2.24) is 0 Å². The van der Waals surface area contributed by atoms with Crippen LogP contribution in [0.4, 0.5) is 0 Å². The summed E-state index contributed by atoms with van der Waals surface area (Å²) < 4.78 is 0. The smallest absolute Gasteiger partial charge is 0.0151 e. The molecule has 3 rings (SSSR count). The van der Waals surface area contributed by atoms with Gasteiger partial charge in [0.05, 0.1) is 0 Å². The van der Waals surface area contributed by atoms with Crippen LogP contribution in [0, 0.1) is 23.7 Å². The highest BCUT2D eigenvalue weighted by Crippen LogP contribution is 2.53. The van der Waals surface area contributed by atoms with Gasteiger partial charge in [-0.25, -0.2) is 0 Å². The molecule has 3 aliphatic rings. The van der Waals surface area contributed by atoms with Crippen molar-refractivity contribution in [2.24, 2.45) is 29.4 Å². The van der Waals surface area contributed by atoms with E-state index in [4.69, 9.17) is 5.73 Å². The molecular weight excluding hydrogens is 226 g/mol. The topological polar surface area (TPSA) is 26.0 Å². The van der Waals surface area contributed by atoms with Gasteiger partial charge in [0.15, 0.2) is 0 Å². The van der Waals surface area contributed by atoms with Crippen molar-refractivity contribution in [3.63, 3.8) is 0 Å². The molecule has 3 aliphatic carbocycles. The van der Waals surface area contributed by atoms with Gasteiger partial charge in [0.1, 0.15) is 0 Å². The van der Waals surface area contributed by atoms with Gasteiger partial charge < -0.3 is 5.73 Å². The van der Waals surface area contributed by atoms with Crippen LogP contribution < -0.4 is 5.73 Å². The number of halogens is 1. The third-order valence-corrected chi connectivity index (χ3v) is 5.44. The highest BCUT2D eigenvalue weighted by Gasteiger charge is 2.48. The third-order valence-electron chi connectivity index (χ3n) is 4.69. The van der Waals surface area contributed by atoms with E-state index in [0.717, 1.165) is 28.5 Å². The molecule has 0 aromatic heterocycles. The summed E-state index contributed by atoms with van der Waals surface area (Å²) >= 11 is 3.81. The largest absolute Gasteiger partial charge is 0.327 e. The monoisotopic (exact) mass is 243 g/mol. The van der Waals surface area contributed by atoms with Gasteiger partial charge in [-0.05, 0) is 55.8 Å². The van der Waals surface area contributed by atoms with Crippen molar-refractivity contribution in [3.8, 4) is 0 Å². The maximum absolute atomic E-state index is 6.31. The van der Waals surface area contributed by atoms with Gasteiger partial charge in [0, 0.05) is 10.9 Å². The SMILES string of the molecule is NC1C2CC3CC1C[C@H](Br)CC3C2. The molecule has 3 saturated carbocycles. The second-order valence-corrected chi connectivity index (χ2v) is 6.69. The predicted molar refractivity (Wildman–Crippen MR) is 57.7 cm³/mol. The maximum atomic E-state index is 6.31. The second-order valence-electron chi connectivity index (χ2n) is 5.39. The minimum absolute atomic E-state index is 0.529. The Morgan fingerprint density at radius 1 is 0.769 bits per heavy atom. The molecule has 1 nitrogen and oxygen atoms in total. The Hall–Kier alpha value is 0.440. The minimum Gasteiger partial charge on any atom is -0.327 e. The number of nitrogens with two attached hydrogens (primary N) is 1. The maximum Gasteiger partial charge on any atom is 0.0151 e. The van der Waals surface area contributed by atoms with Gasteiger partial charge in [-0.1, -0.05) is 15.9 Å². The Morgan fingerprint density at radius 3 is 1.92 bits per heavy atom. The van der Waals surface area contributed by atoms with E-state index in [0.29, 0.717) is 6.04 Å². The Balaban J connectivity index is 1.91. The number of hydrogen-bond donors (Lipinski definition) is 1. The lowest BCUT2D eigenvalue weighted by Crippen LogP contribution is -2.40. The Bertz CT molecular complexity index is 218. The molecule has 13 heavy (non-hydrogen) atoms. The molecule has 0 saturated heterocycles. The average molecular weight is 244 g/mol. The highest BCUT2D eigenvalue weighted by molar-refractivity contribution is 9.09. The van der Waals surface area contributed by atoms with Crippen molar-refractivity contribution in [3.05, 3.63) is 0 Å². The zero-order valence-corrected chi connectivity index (χ0v) is 9.54. The second kappa shape index (κ2) is 2.96. The normalized spacial score (nSPS) is 59.5. The van der Waals surface area contributed by atoms with Gasteiger partial charge in [-0.15, -0.1) is 0 Å². The van der Waals surface area contributed by atoms with Crippen molar-refractivity contribution < 1.29 is 0 Å². The summed E-state index contributed by atoms with van der Waals surface area (Å²) in [6.07, 6.45) is 7.08. The first-order chi connectivity index (χ1) is 6.24. The Kier molecular flexibility index (Phi) is 1.99. The van der Waals surface area contributed by atoms with Crippen molar-refractivity contribution in [2.45, 2.75) is 43.0 Å². The van der Waals surface area contributed by atoms with Gasteiger partial charge in [0.2, 0.25) is 0 Å². The first-order valence-corrected chi connectivity index (χ1v) is 6.55. The summed E-state index contributed by atoms with van der Waals surface area (Å²) in [4.78, 5) is 0.762. The molecule has 0 spiro atoms. The third kappa shape index (κ3) is 1.29. The number of rotatable bonds is 0. The van der Waals surface area contributed by atoms with Crippen LogP contribution in [0.1, 0.15) is 32.1 Å². The van der Waals surface area contributed by atoms with E-state index in [1.54, 1.807) is 0 Å². The highest BCUT2D eigenvalue weighted by atomic mass is 79.9. The molecule has 0 heterocycles. The van der Waals surface area contributed by atoms with Crippen LogP contribution >= 0.6 is 15.9 Å². The summed E-state index contributed by atoms with van der Waals surface area (Å²) in [5.74, 6) is 3.76. The minimum atomic E-state index is 0.529. The van der Waals surface area contributed by atoms with Gasteiger partial charge in [-0.3, -0.25) is 0 Å². The Labute approximate surface area is 88.6 Å². The molecule has 0 aromatic rings. The van der Waals surface area contributed by atoms with E-state index in [9.17, 15) is 0 Å². The first-order valence-electron chi connectivity index (χ1n) is 5.63. The molecule has 0 radical (unpaired) electrons. The lowest BCUT2D eigenvalue weighted by molar-refractivity contribution is 0.215. The quantitative estimate of drug-likeness (QED) is 0.651. The fraction of sp³-hybridized carbons (Fsp3) is 1.00. The predicted octanol–water partition coefficient (Wildman–Crippen LogP) is 2.53. The summed E-state index contributed by atoms with van der Waals surface area (Å²) in [6.45, 7) is 0. The zero-order chi connectivity index (χ0) is 9.00. The van der Waals surface area contributed by atoms with Crippen LogP contribution in [0.15, 0.2) is 0 Å². The lowest BCUT2D eigenvalue weighted by atomic mass is 9.76. The molecule has 0 aromatic carbocycles. The lowest BCUT2D eigenvalue weighted by Gasteiger charge is -2.34. The molecule has 2 N–H and O–H groups in total. The van der Waals surface area contributed by atoms with Gasteiger partial charge in [0.25, 0.3) is 0 Å². The van der Waals surface area contributed by atoms with Crippen LogP contribution in [0.5, 0.6) is 0 Å². The summed E-state index contributed by atoms with van der Waals surface area (Å²) in [7, 11) is 0. The van der Waals surface area contributed by atoms with E-state index in [1.807, 2.05) is 0 Å². The van der Waals surface area contributed by atoms with E-state index in [2.05, 4.69) is 15.9 Å². The molecule has 0 aliphatic heterocycles. The number of hydrogen-bond acceptors (Lipinski definition) is 1. The average Bonchev–Trinajstić information content (AvgIpc) is 2.35. The summed E-state index contributed by atoms with van der Waals surface area (Å²) in [6, 6.07) is 0.529. The van der Waals surface area contributed by atoms with Crippen LogP contribution in [0.2, 0.25) is 0 Å². The Morgan fingerprint density at radius 2 is 1.23 bits per heavy atom. The molecule has 2 heteroatoms. The zero-order valence-electron chi connectivity index (χ0n) is 7.95. The van der Waals surface area contributed by atoms with Crippen molar-refractivity contribution in [1.29, 1.82) is 0 Å². The van der Waals surface area contributed by atoms with Crippen LogP contribution in [-0.4, -0.2) is 10.9 Å². The molecule has 3 fully saturated rings. The molecule has 5 unspecified atom stereocenters. The molecular formula is C11H18BrN. The van der Waals surface area contributed by atoms with E-state index in [1.165, 1.54) is 32.1 Å². The van der Waals surface area contributed by atoms with Crippen LogP contribution in [-0.2, 0) is 0 Å². The summed E-state index contributed by atoms with van der Waals surface area (Å²) in [5, 5.41) is 0. The van der Waals surface area contributed by atoms with Gasteiger partial charge >= 0.3 is 0 Å². The van der Waals surface area contributed by atoms with E-state index >= 15 is 0 Å². The number of alkyl halides is 1. The molecule has 0 amide bonds.